The maximum absolute atomic E-state index is 13.5. The lowest BCUT2D eigenvalue weighted by atomic mass is 10.0. The maximum Gasteiger partial charge on any atom is 0.322 e. The van der Waals surface area contributed by atoms with Gasteiger partial charge in [0.05, 0.1) is 36.7 Å². The number of rotatable bonds is 2. The monoisotopic (exact) mass is 435 g/mol. The Morgan fingerprint density at radius 2 is 1.94 bits per heavy atom. The fraction of sp³-hybridized carbons (Fsp3) is 0.450. The van der Waals surface area contributed by atoms with Crippen molar-refractivity contribution < 1.29 is 27.9 Å². The first kappa shape index (κ1) is 19.9. The normalized spacial score (nSPS) is 24.0. The first-order valence-corrected chi connectivity index (χ1v) is 9.96. The zero-order chi connectivity index (χ0) is 22.1. The Morgan fingerprint density at radius 1 is 1.26 bits per heavy atom. The molecule has 5 rings (SSSR count). The Morgan fingerprint density at radius 3 is 2.55 bits per heavy atom. The molecular weight excluding hydrogens is 415 g/mol. The number of carbonyl (C=O) groups excluding carboxylic acids is 2. The van der Waals surface area contributed by atoms with Gasteiger partial charge in [-0.05, 0) is 19.8 Å². The predicted molar refractivity (Wildman–Crippen MR) is 103 cm³/mol. The number of hydrogen-bond donors (Lipinski definition) is 2. The third-order valence-corrected chi connectivity index (χ3v) is 6.45. The summed E-state index contributed by atoms with van der Waals surface area (Å²) in [6.45, 7) is 2.65. The van der Waals surface area contributed by atoms with Crippen LogP contribution < -0.4 is 10.2 Å². The number of aliphatic hydroxyl groups is 1. The van der Waals surface area contributed by atoms with Gasteiger partial charge >= 0.3 is 6.03 Å². The molecule has 2 aromatic rings. The molecule has 3 amide bonds. The molecule has 2 aliphatic heterocycles. The lowest BCUT2D eigenvalue weighted by Crippen LogP contribution is -2.47. The molecule has 1 aliphatic carbocycles. The highest BCUT2D eigenvalue weighted by atomic mass is 19.2. The van der Waals surface area contributed by atoms with Crippen LogP contribution in [0.25, 0.3) is 0 Å². The van der Waals surface area contributed by atoms with Gasteiger partial charge in [-0.25, -0.2) is 18.0 Å². The van der Waals surface area contributed by atoms with E-state index in [4.69, 9.17) is 0 Å². The second-order valence-electron chi connectivity index (χ2n) is 8.51. The highest BCUT2D eigenvalue weighted by Crippen LogP contribution is 2.54. The fourth-order valence-electron chi connectivity index (χ4n) is 4.39. The van der Waals surface area contributed by atoms with Gasteiger partial charge in [0.15, 0.2) is 17.5 Å². The van der Waals surface area contributed by atoms with E-state index >= 15 is 0 Å². The molecular formula is C20H20F3N5O3. The molecule has 2 N–H and O–H groups in total. The molecule has 11 heteroatoms. The maximum atomic E-state index is 13.5. The highest BCUT2D eigenvalue weighted by molar-refractivity contribution is 6.00. The van der Waals surface area contributed by atoms with Gasteiger partial charge in [0, 0.05) is 29.8 Å². The van der Waals surface area contributed by atoms with Crippen LogP contribution in [0.1, 0.15) is 25.5 Å². The van der Waals surface area contributed by atoms with Crippen LogP contribution in [0.15, 0.2) is 18.3 Å². The number of urea groups is 1. The number of amides is 3. The summed E-state index contributed by atoms with van der Waals surface area (Å²) in [4.78, 5) is 28.4. The van der Waals surface area contributed by atoms with Gasteiger partial charge in [0.2, 0.25) is 0 Å². The SMILES string of the molecule is C[C@H]1Cn2ncc(N3CC4(CC4)C(O)C3=O)c2CN1C(=O)Nc1cc(F)c(F)c(F)c1. The number of aliphatic hydroxyl groups excluding tert-OH is 1. The smallest absolute Gasteiger partial charge is 0.322 e. The molecule has 31 heavy (non-hydrogen) atoms. The number of carbonyl (C=O) groups is 2. The number of nitrogens with one attached hydrogen (secondary N) is 1. The van der Waals surface area contributed by atoms with Crippen LogP contribution in [0.2, 0.25) is 0 Å². The number of hydrogen-bond acceptors (Lipinski definition) is 4. The standard InChI is InChI=1S/C20H20F3N5O3/c1-10-7-28-15(14(6-24-28)27-9-20(2-3-20)17(29)18(27)30)8-26(10)19(31)25-11-4-12(21)16(23)13(22)5-11/h4-6,10,17,29H,2-3,7-9H2,1H3,(H,25,31)/t10-,17?/m0/s1. The molecule has 2 atom stereocenters. The zero-order valence-electron chi connectivity index (χ0n) is 16.6. The van der Waals surface area contributed by atoms with Crippen LogP contribution in [-0.2, 0) is 17.9 Å². The van der Waals surface area contributed by atoms with Crippen LogP contribution in [-0.4, -0.2) is 50.4 Å². The molecule has 1 unspecified atom stereocenters. The molecule has 164 valence electrons. The summed E-state index contributed by atoms with van der Waals surface area (Å²) in [5, 5.41) is 17.0. The van der Waals surface area contributed by atoms with Crippen LogP contribution in [0.3, 0.4) is 0 Å². The van der Waals surface area contributed by atoms with Crippen LogP contribution in [0.5, 0.6) is 0 Å². The summed E-state index contributed by atoms with van der Waals surface area (Å²) in [6, 6.07) is 0.493. The van der Waals surface area contributed by atoms with Gasteiger partial charge in [-0.3, -0.25) is 9.48 Å². The minimum absolute atomic E-state index is 0.0986. The lowest BCUT2D eigenvalue weighted by Gasteiger charge is -2.35. The minimum atomic E-state index is -1.61. The first-order chi connectivity index (χ1) is 14.7. The third-order valence-electron chi connectivity index (χ3n) is 6.45. The van der Waals surface area contributed by atoms with Crippen molar-refractivity contribution >= 4 is 23.3 Å². The van der Waals surface area contributed by atoms with Crippen molar-refractivity contribution in [1.82, 2.24) is 14.7 Å². The van der Waals surface area contributed by atoms with Crippen molar-refractivity contribution in [2.75, 3.05) is 16.8 Å². The van der Waals surface area contributed by atoms with E-state index in [2.05, 4.69) is 10.4 Å². The summed E-state index contributed by atoms with van der Waals surface area (Å²) in [5.41, 5.74) is 0.572. The molecule has 1 aromatic heterocycles. The van der Waals surface area contributed by atoms with Crippen molar-refractivity contribution in [1.29, 1.82) is 0 Å². The molecule has 2 fully saturated rings. The Kier molecular flexibility index (Phi) is 4.30. The average molecular weight is 435 g/mol. The molecule has 1 saturated carbocycles. The van der Waals surface area contributed by atoms with Crippen molar-refractivity contribution in [3.8, 4) is 0 Å². The van der Waals surface area contributed by atoms with Gasteiger partial charge in [-0.1, -0.05) is 0 Å². The molecule has 1 saturated heterocycles. The van der Waals surface area contributed by atoms with Gasteiger partial charge in [0.25, 0.3) is 5.91 Å². The Balaban J connectivity index is 1.38. The number of fused-ring (bicyclic) bond motifs is 1. The van der Waals surface area contributed by atoms with E-state index < -0.39 is 29.6 Å². The Hall–Kier alpha value is -3.08. The van der Waals surface area contributed by atoms with E-state index in [0.717, 1.165) is 12.8 Å². The number of nitrogens with zero attached hydrogens (tertiary/aromatic N) is 4. The van der Waals surface area contributed by atoms with E-state index in [1.807, 2.05) is 0 Å². The quantitative estimate of drug-likeness (QED) is 0.708. The van der Waals surface area contributed by atoms with E-state index in [1.54, 1.807) is 17.8 Å². The minimum Gasteiger partial charge on any atom is -0.383 e. The number of halogens is 3. The van der Waals surface area contributed by atoms with Gasteiger partial charge in [-0.2, -0.15) is 5.10 Å². The summed E-state index contributed by atoms with van der Waals surface area (Å²) in [7, 11) is 0. The number of aromatic nitrogens is 2. The second kappa shape index (κ2) is 6.71. The van der Waals surface area contributed by atoms with Crippen molar-refractivity contribution in [2.24, 2.45) is 5.41 Å². The van der Waals surface area contributed by atoms with Gasteiger partial charge < -0.3 is 20.2 Å². The number of benzene rings is 1. The first-order valence-electron chi connectivity index (χ1n) is 9.96. The average Bonchev–Trinajstić information content (AvgIpc) is 3.34. The molecule has 3 aliphatic rings. The summed E-state index contributed by atoms with van der Waals surface area (Å²) in [5.74, 6) is -4.78. The molecule has 3 heterocycles. The fourth-order valence-corrected chi connectivity index (χ4v) is 4.39. The lowest BCUT2D eigenvalue weighted by molar-refractivity contribution is -0.125. The van der Waals surface area contributed by atoms with Crippen LogP contribution in [0.4, 0.5) is 29.3 Å². The van der Waals surface area contributed by atoms with E-state index in [0.29, 0.717) is 36.6 Å². The van der Waals surface area contributed by atoms with Crippen molar-refractivity contribution in [2.45, 2.75) is 45.0 Å². The third kappa shape index (κ3) is 3.06. The van der Waals surface area contributed by atoms with E-state index in [9.17, 15) is 27.9 Å². The molecule has 0 radical (unpaired) electrons. The van der Waals surface area contributed by atoms with E-state index in [1.165, 1.54) is 9.80 Å². The van der Waals surface area contributed by atoms with Crippen LogP contribution in [0, 0.1) is 22.9 Å². The molecule has 1 spiro atoms. The second-order valence-corrected chi connectivity index (χ2v) is 8.51. The van der Waals surface area contributed by atoms with Gasteiger partial charge in [-0.15, -0.1) is 0 Å². The predicted octanol–water partition coefficient (Wildman–Crippen LogP) is 2.22. The summed E-state index contributed by atoms with van der Waals surface area (Å²) in [6.07, 6.45) is 2.10. The Labute approximate surface area is 175 Å². The highest BCUT2D eigenvalue weighted by Gasteiger charge is 2.60. The van der Waals surface area contributed by atoms with Crippen molar-refractivity contribution in [3.05, 3.63) is 41.5 Å². The summed E-state index contributed by atoms with van der Waals surface area (Å²) < 4.78 is 41.8. The van der Waals surface area contributed by atoms with Crippen molar-refractivity contribution in [3.63, 3.8) is 0 Å². The van der Waals surface area contributed by atoms with E-state index in [-0.39, 0.29) is 29.6 Å². The summed E-state index contributed by atoms with van der Waals surface area (Å²) >= 11 is 0. The molecule has 0 bridgehead atoms. The molecule has 1 aromatic carbocycles. The van der Waals surface area contributed by atoms with Gasteiger partial charge in [0.1, 0.15) is 6.10 Å². The Bertz CT molecular complexity index is 1080. The largest absolute Gasteiger partial charge is 0.383 e. The zero-order valence-corrected chi connectivity index (χ0v) is 16.6. The topological polar surface area (TPSA) is 90.7 Å². The van der Waals surface area contributed by atoms with Crippen LogP contribution >= 0.6 is 0 Å². The number of anilines is 2. The molecule has 8 nitrogen and oxygen atoms in total.